The molecule has 0 saturated heterocycles. The van der Waals surface area contributed by atoms with Crippen molar-refractivity contribution in [1.29, 1.82) is 0 Å². The molecule has 0 aliphatic rings. The molecule has 4 aromatic rings. The predicted octanol–water partition coefficient (Wildman–Crippen LogP) is 4.66. The zero-order valence-electron chi connectivity index (χ0n) is 13.6. The van der Waals surface area contributed by atoms with Gasteiger partial charge in [-0.2, -0.15) is 0 Å². The second kappa shape index (κ2) is 7.01. The Morgan fingerprint density at radius 2 is 1.60 bits per heavy atom. The molecular weight excluding hydrogens is 330 g/mol. The molecule has 4 nitrogen and oxygen atoms in total. The molecule has 2 N–H and O–H groups in total. The van der Waals surface area contributed by atoms with E-state index in [-0.39, 0.29) is 0 Å². The summed E-state index contributed by atoms with van der Waals surface area (Å²) in [6, 6.07) is 20.2. The van der Waals surface area contributed by atoms with Gasteiger partial charge in [-0.05, 0) is 11.1 Å². The SMILES string of the molecule is Nc1nc(COCc2ccccc2)nc2scc(-c3ccccc3)c12. The van der Waals surface area contributed by atoms with E-state index in [2.05, 4.69) is 27.5 Å². The van der Waals surface area contributed by atoms with Crippen molar-refractivity contribution in [2.24, 2.45) is 0 Å². The second-order valence-corrected chi connectivity index (χ2v) is 6.56. The molecule has 5 heteroatoms. The van der Waals surface area contributed by atoms with Gasteiger partial charge >= 0.3 is 0 Å². The Morgan fingerprint density at radius 1 is 0.880 bits per heavy atom. The molecule has 0 atom stereocenters. The monoisotopic (exact) mass is 347 g/mol. The second-order valence-electron chi connectivity index (χ2n) is 5.70. The maximum atomic E-state index is 6.22. The van der Waals surface area contributed by atoms with E-state index in [1.54, 1.807) is 11.3 Å². The summed E-state index contributed by atoms with van der Waals surface area (Å²) in [7, 11) is 0. The first kappa shape index (κ1) is 15.7. The lowest BCUT2D eigenvalue weighted by Crippen LogP contribution is -2.03. The first-order valence-corrected chi connectivity index (χ1v) is 8.90. The number of fused-ring (bicyclic) bond motifs is 1. The minimum absolute atomic E-state index is 0.341. The highest BCUT2D eigenvalue weighted by Crippen LogP contribution is 2.35. The lowest BCUT2D eigenvalue weighted by atomic mass is 10.1. The Balaban J connectivity index is 1.56. The fraction of sp³-hybridized carbons (Fsp3) is 0.100. The van der Waals surface area contributed by atoms with Crippen molar-refractivity contribution in [3.63, 3.8) is 0 Å². The Morgan fingerprint density at radius 3 is 2.36 bits per heavy atom. The summed E-state index contributed by atoms with van der Waals surface area (Å²) in [4.78, 5) is 9.95. The molecular formula is C20H17N3OS. The van der Waals surface area contributed by atoms with Crippen LogP contribution in [0.5, 0.6) is 0 Å². The van der Waals surface area contributed by atoms with Gasteiger partial charge in [0.2, 0.25) is 0 Å². The zero-order chi connectivity index (χ0) is 17.1. The van der Waals surface area contributed by atoms with Crippen molar-refractivity contribution >= 4 is 27.4 Å². The van der Waals surface area contributed by atoms with E-state index in [0.29, 0.717) is 24.9 Å². The molecule has 25 heavy (non-hydrogen) atoms. The van der Waals surface area contributed by atoms with Gasteiger partial charge in [-0.25, -0.2) is 9.97 Å². The van der Waals surface area contributed by atoms with Crippen molar-refractivity contribution < 1.29 is 4.74 Å². The molecule has 2 aromatic heterocycles. The van der Waals surface area contributed by atoms with Crippen LogP contribution in [0.25, 0.3) is 21.3 Å². The Labute approximate surface area is 149 Å². The molecule has 0 spiro atoms. The fourth-order valence-corrected chi connectivity index (χ4v) is 3.72. The van der Waals surface area contributed by atoms with E-state index >= 15 is 0 Å². The van der Waals surface area contributed by atoms with E-state index in [1.165, 1.54) is 0 Å². The van der Waals surface area contributed by atoms with Gasteiger partial charge in [-0.1, -0.05) is 60.7 Å². The van der Waals surface area contributed by atoms with Gasteiger partial charge in [0, 0.05) is 10.9 Å². The minimum atomic E-state index is 0.341. The first-order chi connectivity index (χ1) is 12.3. The lowest BCUT2D eigenvalue weighted by Gasteiger charge is -2.06. The maximum absolute atomic E-state index is 6.22. The van der Waals surface area contributed by atoms with Gasteiger partial charge < -0.3 is 10.5 Å². The predicted molar refractivity (Wildman–Crippen MR) is 102 cm³/mol. The molecule has 0 amide bonds. The minimum Gasteiger partial charge on any atom is -0.383 e. The summed E-state index contributed by atoms with van der Waals surface area (Å²) in [5.41, 5.74) is 9.55. The van der Waals surface area contributed by atoms with E-state index < -0.39 is 0 Å². The number of benzene rings is 2. The van der Waals surface area contributed by atoms with Crippen LogP contribution in [0.2, 0.25) is 0 Å². The third kappa shape index (κ3) is 3.38. The lowest BCUT2D eigenvalue weighted by molar-refractivity contribution is 0.102. The van der Waals surface area contributed by atoms with Crippen molar-refractivity contribution in [2.75, 3.05) is 5.73 Å². The van der Waals surface area contributed by atoms with Crippen molar-refractivity contribution in [2.45, 2.75) is 13.2 Å². The van der Waals surface area contributed by atoms with E-state index in [4.69, 9.17) is 10.5 Å². The topological polar surface area (TPSA) is 61.0 Å². The molecule has 0 aliphatic heterocycles. The average Bonchev–Trinajstić information content (AvgIpc) is 3.08. The van der Waals surface area contributed by atoms with Crippen LogP contribution in [0.1, 0.15) is 11.4 Å². The number of thiophene rings is 1. The highest BCUT2D eigenvalue weighted by atomic mass is 32.1. The number of hydrogen-bond donors (Lipinski definition) is 1. The number of hydrogen-bond acceptors (Lipinski definition) is 5. The molecule has 2 heterocycles. The van der Waals surface area contributed by atoms with Gasteiger partial charge in [0.25, 0.3) is 0 Å². The average molecular weight is 347 g/mol. The van der Waals surface area contributed by atoms with Crippen LogP contribution < -0.4 is 5.73 Å². The van der Waals surface area contributed by atoms with Gasteiger partial charge in [0.1, 0.15) is 17.3 Å². The molecule has 0 radical (unpaired) electrons. The number of aromatic nitrogens is 2. The van der Waals surface area contributed by atoms with Crippen LogP contribution >= 0.6 is 11.3 Å². The van der Waals surface area contributed by atoms with Crippen molar-refractivity contribution in [1.82, 2.24) is 9.97 Å². The van der Waals surface area contributed by atoms with Crippen LogP contribution in [-0.4, -0.2) is 9.97 Å². The quantitative estimate of drug-likeness (QED) is 0.570. The fourth-order valence-electron chi connectivity index (χ4n) is 2.74. The molecule has 0 saturated carbocycles. The van der Waals surface area contributed by atoms with E-state index in [9.17, 15) is 0 Å². The van der Waals surface area contributed by atoms with Crippen molar-refractivity contribution in [3.8, 4) is 11.1 Å². The largest absolute Gasteiger partial charge is 0.383 e. The number of ether oxygens (including phenoxy) is 1. The summed E-state index contributed by atoms with van der Waals surface area (Å²) in [6.45, 7) is 0.870. The molecule has 0 unspecified atom stereocenters. The van der Waals surface area contributed by atoms with E-state index in [1.807, 2.05) is 48.5 Å². The molecule has 124 valence electrons. The van der Waals surface area contributed by atoms with Crippen LogP contribution in [-0.2, 0) is 18.0 Å². The van der Waals surface area contributed by atoms with Crippen LogP contribution in [0.4, 0.5) is 5.82 Å². The first-order valence-electron chi connectivity index (χ1n) is 8.02. The normalized spacial score (nSPS) is 11.0. The van der Waals surface area contributed by atoms with Gasteiger partial charge in [-0.3, -0.25) is 0 Å². The Kier molecular flexibility index (Phi) is 4.41. The Hall–Kier alpha value is -2.76. The zero-order valence-corrected chi connectivity index (χ0v) is 14.4. The number of nitrogen functional groups attached to an aromatic ring is 1. The van der Waals surface area contributed by atoms with E-state index in [0.717, 1.165) is 26.9 Å². The number of nitrogens with zero attached hydrogens (tertiary/aromatic N) is 2. The standard InChI is InChI=1S/C20H17N3OS/c21-19-18-16(15-9-5-2-6-10-15)13-25-20(18)23-17(22-19)12-24-11-14-7-3-1-4-8-14/h1-10,13H,11-12H2,(H2,21,22,23). The van der Waals surface area contributed by atoms with Gasteiger partial charge in [0.05, 0.1) is 12.0 Å². The van der Waals surface area contributed by atoms with Gasteiger partial charge in [-0.15, -0.1) is 11.3 Å². The number of rotatable bonds is 5. The van der Waals surface area contributed by atoms with Crippen LogP contribution in [0.15, 0.2) is 66.0 Å². The number of nitrogens with two attached hydrogens (primary N) is 1. The maximum Gasteiger partial charge on any atom is 0.158 e. The molecule has 2 aromatic carbocycles. The summed E-state index contributed by atoms with van der Waals surface area (Å²) < 4.78 is 5.73. The van der Waals surface area contributed by atoms with Crippen LogP contribution in [0, 0.1) is 0 Å². The smallest absolute Gasteiger partial charge is 0.158 e. The number of anilines is 1. The Bertz CT molecular complexity index is 984. The van der Waals surface area contributed by atoms with Gasteiger partial charge in [0.15, 0.2) is 5.82 Å². The summed E-state index contributed by atoms with van der Waals surface area (Å²) >= 11 is 1.58. The molecule has 0 aliphatic carbocycles. The molecule has 0 bridgehead atoms. The molecule has 0 fully saturated rings. The third-order valence-electron chi connectivity index (χ3n) is 3.94. The molecule has 4 rings (SSSR count). The summed E-state index contributed by atoms with van der Waals surface area (Å²) in [5, 5.41) is 3.00. The summed E-state index contributed by atoms with van der Waals surface area (Å²) in [6.07, 6.45) is 0. The highest BCUT2D eigenvalue weighted by Gasteiger charge is 2.13. The third-order valence-corrected chi connectivity index (χ3v) is 4.81. The van der Waals surface area contributed by atoms with Crippen LogP contribution in [0.3, 0.4) is 0 Å². The highest BCUT2D eigenvalue weighted by molar-refractivity contribution is 7.17. The summed E-state index contributed by atoms with van der Waals surface area (Å²) in [5.74, 6) is 1.12. The van der Waals surface area contributed by atoms with Crippen molar-refractivity contribution in [3.05, 3.63) is 77.4 Å².